The van der Waals surface area contributed by atoms with Crippen molar-refractivity contribution in [1.29, 1.82) is 0 Å². The number of phosphoric ester groups is 1. The number of halogens is 2. The van der Waals surface area contributed by atoms with Gasteiger partial charge >= 0.3 is 7.82 Å². The maximum absolute atomic E-state index is 15.8. The Kier molecular flexibility index (Phi) is 4.68. The number of aromatic nitrogens is 2. The molecule has 10 nitrogen and oxygen atoms in total. The van der Waals surface area contributed by atoms with E-state index in [1.807, 2.05) is 0 Å². The molecule has 0 spiro atoms. The molecular formula is C16H15ClFN2O8PS. The Balaban J connectivity index is 1.66. The summed E-state index contributed by atoms with van der Waals surface area (Å²) in [5.41, 5.74) is -0.317. The summed E-state index contributed by atoms with van der Waals surface area (Å²) >= 11 is 10.7. The predicted molar refractivity (Wildman–Crippen MR) is 102 cm³/mol. The first kappa shape index (κ1) is 18.0. The van der Waals surface area contributed by atoms with Crippen molar-refractivity contribution < 1.29 is 41.6 Å². The summed E-state index contributed by atoms with van der Waals surface area (Å²) in [5, 5.41) is 21.0. The van der Waals surface area contributed by atoms with Gasteiger partial charge in [-0.15, -0.1) is 0 Å². The van der Waals surface area contributed by atoms with Crippen LogP contribution in [0, 0.1) is 4.77 Å². The fourth-order valence-corrected chi connectivity index (χ4v) is 4.22. The van der Waals surface area contributed by atoms with Gasteiger partial charge in [-0.05, 0) is 30.4 Å². The van der Waals surface area contributed by atoms with Gasteiger partial charge in [0.2, 0.25) is 0 Å². The number of H-pyrrole nitrogens is 1. The fraction of sp³-hybridized carbons (Fsp3) is 0.375. The van der Waals surface area contributed by atoms with Gasteiger partial charge in [0.05, 0.1) is 10.7 Å². The monoisotopic (exact) mass is 483 g/mol. The van der Waals surface area contributed by atoms with E-state index in [1.165, 1.54) is 18.2 Å². The zero-order valence-corrected chi connectivity index (χ0v) is 17.1. The van der Waals surface area contributed by atoms with Crippen molar-refractivity contribution in [2.24, 2.45) is 0 Å². The third kappa shape index (κ3) is 3.97. The number of fused-ring (bicyclic) bond motifs is 1. The van der Waals surface area contributed by atoms with Crippen molar-refractivity contribution in [3.05, 3.63) is 56.2 Å². The molecule has 0 bridgehead atoms. The molecule has 1 aromatic carbocycles. The van der Waals surface area contributed by atoms with Gasteiger partial charge in [0.25, 0.3) is 11.4 Å². The minimum absolute atomic E-state index is 0.0278. The molecule has 1 aromatic heterocycles. The largest absolute Gasteiger partial charge is 0.530 e. The number of rotatable bonds is 4. The number of benzene rings is 1. The lowest BCUT2D eigenvalue weighted by molar-refractivity contribution is -0.205. The molecule has 0 radical (unpaired) electrons. The van der Waals surface area contributed by atoms with Crippen molar-refractivity contribution in [2.45, 2.75) is 30.9 Å². The molecule has 1 unspecified atom stereocenters. The highest BCUT2D eigenvalue weighted by atomic mass is 35.5. The molecule has 4 rings (SSSR count). The van der Waals surface area contributed by atoms with Gasteiger partial charge in [-0.2, -0.15) is 0 Å². The normalized spacial score (nSPS) is 37.5. The molecule has 0 aliphatic carbocycles. The number of nitrogens with zero attached hydrogens (tertiary/aromatic N) is 1. The van der Waals surface area contributed by atoms with E-state index in [1.54, 1.807) is 0 Å². The van der Waals surface area contributed by atoms with Gasteiger partial charge in [-0.3, -0.25) is 23.4 Å². The van der Waals surface area contributed by atoms with Crippen LogP contribution in [0.1, 0.15) is 15.9 Å². The predicted octanol–water partition coefficient (Wildman–Crippen LogP) is 2.21. The molecule has 2 aliphatic rings. The summed E-state index contributed by atoms with van der Waals surface area (Å²) in [4.78, 5) is 13.5. The Morgan fingerprint density at radius 3 is 3.03 bits per heavy atom. The van der Waals surface area contributed by atoms with Gasteiger partial charge in [-0.1, -0.05) is 11.6 Å². The number of aromatic amines is 1. The van der Waals surface area contributed by atoms with Gasteiger partial charge in [-0.25, -0.2) is 8.96 Å². The van der Waals surface area contributed by atoms with E-state index < -0.39 is 49.0 Å². The second-order valence-electron chi connectivity index (χ2n) is 6.21. The Hall–Kier alpha value is -1.63. The first-order valence-corrected chi connectivity index (χ1v) is 10.5. The van der Waals surface area contributed by atoms with E-state index in [0.29, 0.717) is 15.2 Å². The third-order valence-corrected chi connectivity index (χ3v) is 5.87. The summed E-state index contributed by atoms with van der Waals surface area (Å²) in [6.07, 6.45) is -7.24. The van der Waals surface area contributed by atoms with E-state index in [0.717, 1.165) is 12.3 Å². The summed E-state index contributed by atoms with van der Waals surface area (Å²) in [5.74, 6) is -4.00. The molecule has 30 heavy (non-hydrogen) atoms. The van der Waals surface area contributed by atoms with Gasteiger partial charge in [0, 0.05) is 22.8 Å². The zero-order chi connectivity index (χ0) is 24.4. The van der Waals surface area contributed by atoms with Crippen LogP contribution in [-0.4, -0.2) is 44.4 Å². The smallest absolute Gasteiger partial charge is 0.404 e. The number of aliphatic hydroxyl groups excluding tert-OH is 2. The topological polar surface area (TPSA) is 132 Å². The minimum Gasteiger partial charge on any atom is -0.404 e. The lowest BCUT2D eigenvalue weighted by Crippen LogP contribution is -2.43. The van der Waals surface area contributed by atoms with Crippen molar-refractivity contribution >= 4 is 31.6 Å². The van der Waals surface area contributed by atoms with Crippen LogP contribution in [0.15, 0.2) is 35.3 Å². The van der Waals surface area contributed by atoms with Gasteiger partial charge in [0.1, 0.15) is 24.5 Å². The number of nitrogens with one attached hydrogen (secondary N) is 1. The maximum atomic E-state index is 15.8. The molecule has 3 heterocycles. The average molecular weight is 484 g/mol. The van der Waals surface area contributed by atoms with Crippen LogP contribution in [0.25, 0.3) is 0 Å². The first-order chi connectivity index (χ1) is 15.2. The van der Waals surface area contributed by atoms with Crippen LogP contribution in [0.5, 0.6) is 5.75 Å². The summed E-state index contributed by atoms with van der Waals surface area (Å²) in [7, 11) is -4.82. The van der Waals surface area contributed by atoms with Crippen LogP contribution >= 0.6 is 31.6 Å². The Bertz CT molecular complexity index is 1280. The molecule has 5 atom stereocenters. The number of hydrogen-bond donors (Lipinski definition) is 3. The summed E-state index contributed by atoms with van der Waals surface area (Å²) < 4.78 is 72.6. The third-order valence-electron chi connectivity index (χ3n) is 4.15. The fourth-order valence-electron chi connectivity index (χ4n) is 2.68. The molecule has 1 saturated heterocycles. The van der Waals surface area contributed by atoms with Crippen molar-refractivity contribution in [3.8, 4) is 5.75 Å². The van der Waals surface area contributed by atoms with Crippen LogP contribution < -0.4 is 10.1 Å². The van der Waals surface area contributed by atoms with Crippen LogP contribution in [0.3, 0.4) is 0 Å². The molecular weight excluding hydrogens is 466 g/mol. The number of alkyl halides is 1. The maximum Gasteiger partial charge on any atom is 0.530 e. The molecule has 0 amide bonds. The molecule has 2 aromatic rings. The lowest BCUT2D eigenvalue weighted by atomic mass is 10.1. The van der Waals surface area contributed by atoms with Gasteiger partial charge < -0.3 is 19.5 Å². The first-order valence-electron chi connectivity index (χ1n) is 9.72. The zero-order valence-electron chi connectivity index (χ0n) is 17.7. The van der Waals surface area contributed by atoms with E-state index in [-0.39, 0.29) is 12.4 Å². The highest BCUT2D eigenvalue weighted by Crippen LogP contribution is 2.56. The van der Waals surface area contributed by atoms with Crippen LogP contribution in [0.4, 0.5) is 4.39 Å². The summed E-state index contributed by atoms with van der Waals surface area (Å²) in [6.45, 7) is -4.18. The molecule has 3 N–H and O–H groups in total. The van der Waals surface area contributed by atoms with Crippen molar-refractivity contribution in [2.75, 3.05) is 6.56 Å². The SMILES string of the molecule is [2H]C([2H])(OP1(=O)OCc2cc(Cl)ccc2O1)[C@@]1(F)O[C@@]([2H])(n2ccc(=O)[nH]c2=S)[C@H](O)[C@@H]1O. The highest BCUT2D eigenvalue weighted by molar-refractivity contribution is 7.71. The van der Waals surface area contributed by atoms with E-state index in [9.17, 15) is 19.6 Å². The van der Waals surface area contributed by atoms with Crippen molar-refractivity contribution in [3.63, 3.8) is 0 Å². The van der Waals surface area contributed by atoms with E-state index in [4.69, 9.17) is 46.2 Å². The molecule has 162 valence electrons. The second-order valence-corrected chi connectivity index (χ2v) is 8.55. The number of hydrogen-bond acceptors (Lipinski definition) is 9. The van der Waals surface area contributed by atoms with Gasteiger partial charge in [0.15, 0.2) is 11.0 Å². The van der Waals surface area contributed by atoms with E-state index in [2.05, 4.69) is 4.98 Å². The quantitative estimate of drug-likeness (QED) is 0.442. The second kappa shape index (κ2) is 7.81. The van der Waals surface area contributed by atoms with Crippen LogP contribution in [0.2, 0.25) is 5.02 Å². The Morgan fingerprint density at radius 1 is 1.53 bits per heavy atom. The molecule has 0 saturated carbocycles. The highest BCUT2D eigenvalue weighted by Gasteiger charge is 2.57. The van der Waals surface area contributed by atoms with Crippen molar-refractivity contribution in [1.82, 2.24) is 9.55 Å². The molecule has 2 aliphatic heterocycles. The average Bonchev–Trinajstić information content (AvgIpc) is 2.89. The molecule has 14 heteroatoms. The molecule has 1 fully saturated rings. The number of phosphoric acid groups is 1. The number of aliphatic hydroxyl groups is 2. The van der Waals surface area contributed by atoms with Crippen LogP contribution in [-0.2, 0) is 25.0 Å². The lowest BCUT2D eigenvalue weighted by Gasteiger charge is -2.28. The Morgan fingerprint density at radius 2 is 2.30 bits per heavy atom. The van der Waals surface area contributed by atoms with E-state index >= 15 is 4.39 Å². The number of ether oxygens (including phenoxy) is 1. The standard InChI is InChI=1S/C16H15ClFN2O8PS/c17-9-1-2-10-8(5-9)6-25-29(24,28-10)26-7-16(18)13(23)12(22)14(27-16)20-4-3-11(21)19-15(20)30/h1-5,12-14,22-23H,6-7H2,(H,19,21,30)/t12-,13+,14-,16-,29?/m1/s1/i7D2,14D. The Labute approximate surface area is 182 Å². The summed E-state index contributed by atoms with van der Waals surface area (Å²) in [6, 6.07) is 5.02. The minimum atomic E-state index is -4.82.